The summed E-state index contributed by atoms with van der Waals surface area (Å²) >= 11 is 7.45. The summed E-state index contributed by atoms with van der Waals surface area (Å²) in [6.07, 6.45) is 1.61. The third kappa shape index (κ3) is 3.99. The molecule has 0 spiro atoms. The highest BCUT2D eigenvalue weighted by atomic mass is 35.5. The number of benzene rings is 3. The van der Waals surface area contributed by atoms with Crippen LogP contribution in [0.2, 0.25) is 5.02 Å². The lowest BCUT2D eigenvalue weighted by molar-refractivity contribution is -0.132. The van der Waals surface area contributed by atoms with Crippen molar-refractivity contribution in [1.29, 1.82) is 0 Å². The SMILES string of the molecule is CCc1ccc([C@H]2C(=C(O)c3ccc4c(c3)C[C@@H](C)O4)C(=O)C(=O)N2c2nc3ccc(Cl)cc3s2)cc1. The van der Waals surface area contributed by atoms with Gasteiger partial charge in [-0.1, -0.05) is 54.1 Å². The average Bonchev–Trinajstić information content (AvgIpc) is 3.55. The van der Waals surface area contributed by atoms with E-state index in [1.165, 1.54) is 16.2 Å². The van der Waals surface area contributed by atoms with E-state index in [1.807, 2.05) is 37.3 Å². The van der Waals surface area contributed by atoms with Crippen LogP contribution in [-0.2, 0) is 22.4 Å². The van der Waals surface area contributed by atoms with Crippen LogP contribution in [-0.4, -0.2) is 27.9 Å². The van der Waals surface area contributed by atoms with E-state index >= 15 is 0 Å². The summed E-state index contributed by atoms with van der Waals surface area (Å²) in [5, 5.41) is 12.4. The van der Waals surface area contributed by atoms with Crippen LogP contribution in [0.4, 0.5) is 5.13 Å². The second-order valence-corrected chi connectivity index (χ2v) is 10.8. The van der Waals surface area contributed by atoms with Crippen LogP contribution in [0.1, 0.15) is 42.1 Å². The molecule has 0 unspecified atom stereocenters. The number of carbonyl (C=O) groups excluding carboxylic acids is 2. The van der Waals surface area contributed by atoms with E-state index in [-0.39, 0.29) is 17.4 Å². The van der Waals surface area contributed by atoms with Crippen molar-refractivity contribution < 1.29 is 19.4 Å². The number of aliphatic hydroxyl groups excluding tert-OH is 1. The molecule has 1 fully saturated rings. The Labute approximate surface area is 222 Å². The van der Waals surface area contributed by atoms with E-state index in [9.17, 15) is 14.7 Å². The summed E-state index contributed by atoms with van der Waals surface area (Å²) in [4.78, 5) is 33.0. The highest BCUT2D eigenvalue weighted by Gasteiger charge is 2.48. The van der Waals surface area contributed by atoms with Crippen molar-refractivity contribution in [3.8, 4) is 5.75 Å². The molecule has 6 nitrogen and oxygen atoms in total. The molecule has 2 aliphatic heterocycles. The summed E-state index contributed by atoms with van der Waals surface area (Å²) in [7, 11) is 0. The van der Waals surface area contributed by atoms with Gasteiger partial charge in [0.05, 0.1) is 21.8 Å². The van der Waals surface area contributed by atoms with Crippen LogP contribution in [0.3, 0.4) is 0 Å². The number of aryl methyl sites for hydroxylation is 1. The van der Waals surface area contributed by atoms with Gasteiger partial charge in [0.1, 0.15) is 17.6 Å². The molecular weight excluding hydrogens is 508 g/mol. The maximum atomic E-state index is 13.5. The van der Waals surface area contributed by atoms with Crippen molar-refractivity contribution in [3.63, 3.8) is 0 Å². The smallest absolute Gasteiger partial charge is 0.301 e. The van der Waals surface area contributed by atoms with Gasteiger partial charge in [0.2, 0.25) is 0 Å². The molecule has 186 valence electrons. The molecule has 0 radical (unpaired) electrons. The van der Waals surface area contributed by atoms with Gasteiger partial charge in [0.25, 0.3) is 5.78 Å². The minimum Gasteiger partial charge on any atom is -0.507 e. The number of aromatic nitrogens is 1. The molecule has 0 saturated carbocycles. The van der Waals surface area contributed by atoms with E-state index in [1.54, 1.807) is 30.3 Å². The van der Waals surface area contributed by atoms with Gasteiger partial charge in [0.15, 0.2) is 5.13 Å². The van der Waals surface area contributed by atoms with Crippen LogP contribution < -0.4 is 9.64 Å². The fourth-order valence-electron chi connectivity index (χ4n) is 5.00. The Hall–Kier alpha value is -3.68. The number of carbonyl (C=O) groups is 2. The Bertz CT molecular complexity index is 1610. The number of fused-ring (bicyclic) bond motifs is 2. The van der Waals surface area contributed by atoms with E-state index in [0.717, 1.165) is 28.0 Å². The van der Waals surface area contributed by atoms with E-state index in [2.05, 4.69) is 11.9 Å². The zero-order valence-corrected chi connectivity index (χ0v) is 21.8. The predicted octanol–water partition coefficient (Wildman–Crippen LogP) is 6.46. The molecule has 3 heterocycles. The molecule has 6 rings (SSSR count). The van der Waals surface area contributed by atoms with Gasteiger partial charge >= 0.3 is 5.91 Å². The third-order valence-electron chi connectivity index (χ3n) is 6.86. The van der Waals surface area contributed by atoms with Crippen molar-refractivity contribution in [2.24, 2.45) is 0 Å². The van der Waals surface area contributed by atoms with E-state index in [4.69, 9.17) is 16.3 Å². The number of amides is 1. The fourth-order valence-corrected chi connectivity index (χ4v) is 6.26. The normalized spacial score (nSPS) is 20.5. The van der Waals surface area contributed by atoms with Crippen molar-refractivity contribution >= 4 is 55.7 Å². The first-order valence-corrected chi connectivity index (χ1v) is 13.3. The summed E-state index contributed by atoms with van der Waals surface area (Å²) < 4.78 is 6.59. The Morgan fingerprint density at radius 2 is 1.92 bits per heavy atom. The summed E-state index contributed by atoms with van der Waals surface area (Å²) in [6.45, 7) is 4.04. The third-order valence-corrected chi connectivity index (χ3v) is 8.12. The van der Waals surface area contributed by atoms with Crippen LogP contribution in [0.5, 0.6) is 5.75 Å². The van der Waals surface area contributed by atoms with Gasteiger partial charge in [-0.2, -0.15) is 0 Å². The molecule has 0 aliphatic carbocycles. The number of ether oxygens (including phenoxy) is 1. The second-order valence-electron chi connectivity index (χ2n) is 9.33. The van der Waals surface area contributed by atoms with Crippen LogP contribution in [0, 0.1) is 0 Å². The Balaban J connectivity index is 1.53. The number of aliphatic hydroxyl groups is 1. The number of hydrogen-bond donors (Lipinski definition) is 1. The van der Waals surface area contributed by atoms with Gasteiger partial charge in [-0.05, 0) is 66.4 Å². The second kappa shape index (κ2) is 9.01. The Morgan fingerprint density at radius 1 is 1.14 bits per heavy atom. The molecule has 37 heavy (non-hydrogen) atoms. The number of Topliss-reactive ketones (excluding diaryl/α,β-unsaturated/α-hetero) is 1. The Morgan fingerprint density at radius 3 is 2.68 bits per heavy atom. The van der Waals surface area contributed by atoms with E-state index in [0.29, 0.717) is 33.2 Å². The summed E-state index contributed by atoms with van der Waals surface area (Å²) in [6, 6.07) is 17.6. The molecule has 1 N–H and O–H groups in total. The number of anilines is 1. The summed E-state index contributed by atoms with van der Waals surface area (Å²) in [5.74, 6) is -0.917. The maximum absolute atomic E-state index is 13.5. The van der Waals surface area contributed by atoms with Crippen LogP contribution >= 0.6 is 22.9 Å². The highest BCUT2D eigenvalue weighted by Crippen LogP contribution is 2.45. The quantitative estimate of drug-likeness (QED) is 0.186. The highest BCUT2D eigenvalue weighted by molar-refractivity contribution is 7.22. The van der Waals surface area contributed by atoms with Crippen LogP contribution in [0.15, 0.2) is 66.2 Å². The van der Waals surface area contributed by atoms with Crippen molar-refractivity contribution in [2.75, 3.05) is 4.90 Å². The Kier molecular flexibility index (Phi) is 5.77. The number of ketones is 1. The zero-order chi connectivity index (χ0) is 25.8. The monoisotopic (exact) mass is 530 g/mol. The molecule has 2 atom stereocenters. The standard InChI is InChI=1S/C29H23ClN2O4S/c1-3-16-4-6-17(7-5-16)25-24(26(33)18-8-11-22-19(13-18)12-15(2)36-22)27(34)28(35)32(25)29-31-21-10-9-20(30)14-23(21)37-29/h4-11,13-15,25,33H,3,12H2,1-2H3/t15-,25+/m1/s1. The largest absolute Gasteiger partial charge is 0.507 e. The number of thiazole rings is 1. The molecule has 1 amide bonds. The lowest BCUT2D eigenvalue weighted by atomic mass is 9.94. The van der Waals surface area contributed by atoms with Gasteiger partial charge in [0, 0.05) is 17.0 Å². The summed E-state index contributed by atoms with van der Waals surface area (Å²) in [5.41, 5.74) is 3.99. The predicted molar refractivity (Wildman–Crippen MR) is 145 cm³/mol. The van der Waals surface area contributed by atoms with Gasteiger partial charge in [-0.15, -0.1) is 0 Å². The van der Waals surface area contributed by atoms with Crippen molar-refractivity contribution in [3.05, 3.63) is 93.5 Å². The van der Waals surface area contributed by atoms with Gasteiger partial charge < -0.3 is 9.84 Å². The number of nitrogens with zero attached hydrogens (tertiary/aromatic N) is 2. The van der Waals surface area contributed by atoms with Gasteiger partial charge in [-0.25, -0.2) is 4.98 Å². The molecule has 8 heteroatoms. The van der Waals surface area contributed by atoms with Crippen LogP contribution in [0.25, 0.3) is 16.0 Å². The first-order valence-electron chi connectivity index (χ1n) is 12.1. The van der Waals surface area contributed by atoms with Crippen molar-refractivity contribution in [2.45, 2.75) is 38.8 Å². The topological polar surface area (TPSA) is 79.7 Å². The fraction of sp³-hybridized carbons (Fsp3) is 0.207. The maximum Gasteiger partial charge on any atom is 0.301 e. The van der Waals surface area contributed by atoms with Gasteiger partial charge in [-0.3, -0.25) is 14.5 Å². The lowest BCUT2D eigenvalue weighted by Crippen LogP contribution is -2.29. The molecule has 0 bridgehead atoms. The number of rotatable bonds is 4. The van der Waals surface area contributed by atoms with E-state index < -0.39 is 17.7 Å². The minimum atomic E-state index is -0.828. The molecular formula is C29H23ClN2O4S. The zero-order valence-electron chi connectivity index (χ0n) is 20.2. The number of hydrogen-bond acceptors (Lipinski definition) is 6. The first kappa shape index (κ1) is 23.7. The minimum absolute atomic E-state index is 0.0402. The molecule has 2 aliphatic rings. The lowest BCUT2D eigenvalue weighted by Gasteiger charge is -2.23. The van der Waals surface area contributed by atoms with Crippen molar-refractivity contribution in [1.82, 2.24) is 4.98 Å². The molecule has 1 saturated heterocycles. The number of halogens is 1. The first-order chi connectivity index (χ1) is 17.8. The molecule has 3 aromatic carbocycles. The molecule has 4 aromatic rings. The molecule has 1 aromatic heterocycles. The average molecular weight is 531 g/mol.